The lowest BCUT2D eigenvalue weighted by atomic mass is 10.2. The van der Waals surface area contributed by atoms with E-state index in [1.807, 2.05) is 35.0 Å². The monoisotopic (exact) mass is 427 g/mol. The van der Waals surface area contributed by atoms with Gasteiger partial charge in [-0.3, -0.25) is 4.79 Å². The highest BCUT2D eigenvalue weighted by atomic mass is 19.4. The van der Waals surface area contributed by atoms with E-state index in [0.29, 0.717) is 17.0 Å². The minimum Gasteiger partial charge on any atom is -0.487 e. The number of hydrogen-bond acceptors (Lipinski definition) is 4. The van der Waals surface area contributed by atoms with Gasteiger partial charge in [-0.05, 0) is 54.6 Å². The van der Waals surface area contributed by atoms with Crippen LogP contribution in [0.4, 0.5) is 18.9 Å². The van der Waals surface area contributed by atoms with Crippen molar-refractivity contribution in [2.75, 3.05) is 5.32 Å². The minimum absolute atomic E-state index is 0.230. The molecular formula is C22H16F3N3O3. The molecule has 0 aliphatic carbocycles. The Balaban J connectivity index is 1.38. The van der Waals surface area contributed by atoms with E-state index in [2.05, 4.69) is 15.0 Å². The minimum atomic E-state index is -4.77. The van der Waals surface area contributed by atoms with Crippen molar-refractivity contribution in [2.45, 2.75) is 13.0 Å². The molecule has 6 nitrogen and oxygen atoms in total. The number of halogens is 3. The zero-order valence-corrected chi connectivity index (χ0v) is 16.0. The Hall–Kier alpha value is -4.01. The highest BCUT2D eigenvalue weighted by Gasteiger charge is 2.30. The fraction of sp³-hybridized carbons (Fsp3) is 0.0909. The summed E-state index contributed by atoms with van der Waals surface area (Å²) in [6, 6.07) is 17.1. The first-order valence-corrected chi connectivity index (χ1v) is 9.18. The second-order valence-electron chi connectivity index (χ2n) is 6.54. The molecule has 4 aromatic rings. The Morgan fingerprint density at radius 3 is 2.55 bits per heavy atom. The Kier molecular flexibility index (Phi) is 5.48. The molecule has 0 atom stereocenters. The predicted molar refractivity (Wildman–Crippen MR) is 107 cm³/mol. The first kappa shape index (κ1) is 20.3. The molecule has 1 amide bonds. The largest absolute Gasteiger partial charge is 0.573 e. The van der Waals surface area contributed by atoms with Crippen molar-refractivity contribution < 1.29 is 27.4 Å². The maximum Gasteiger partial charge on any atom is 0.573 e. The van der Waals surface area contributed by atoms with Crippen LogP contribution in [0.15, 0.2) is 79.1 Å². The fourth-order valence-electron chi connectivity index (χ4n) is 2.88. The topological polar surface area (TPSA) is 64.9 Å². The molecule has 2 heterocycles. The molecule has 0 aliphatic heterocycles. The number of imidazole rings is 1. The van der Waals surface area contributed by atoms with Crippen LogP contribution in [0.2, 0.25) is 0 Å². The van der Waals surface area contributed by atoms with E-state index in [4.69, 9.17) is 4.74 Å². The van der Waals surface area contributed by atoms with Crippen LogP contribution in [0.1, 0.15) is 16.1 Å². The standard InChI is InChI=1S/C22H16F3N3O3/c23-22(24,25)31-18-9-7-16(8-10-18)27-21(29)15-4-3-5-19(12-15)30-14-17-13-28-11-2-1-6-20(28)26-17/h1-13H,14H2,(H,27,29). The van der Waals surface area contributed by atoms with Crippen LogP contribution in [0.3, 0.4) is 0 Å². The van der Waals surface area contributed by atoms with Gasteiger partial charge in [0.2, 0.25) is 0 Å². The van der Waals surface area contributed by atoms with E-state index in [-0.39, 0.29) is 12.4 Å². The quantitative estimate of drug-likeness (QED) is 0.467. The van der Waals surface area contributed by atoms with Crippen LogP contribution >= 0.6 is 0 Å². The lowest BCUT2D eigenvalue weighted by molar-refractivity contribution is -0.274. The Labute approximate surface area is 174 Å². The van der Waals surface area contributed by atoms with Gasteiger partial charge in [-0.1, -0.05) is 12.1 Å². The molecule has 2 aromatic carbocycles. The van der Waals surface area contributed by atoms with Gasteiger partial charge >= 0.3 is 6.36 Å². The molecule has 0 radical (unpaired) electrons. The van der Waals surface area contributed by atoms with Crippen molar-refractivity contribution in [1.29, 1.82) is 0 Å². The van der Waals surface area contributed by atoms with Gasteiger partial charge in [0.25, 0.3) is 5.91 Å². The fourth-order valence-corrected chi connectivity index (χ4v) is 2.88. The number of nitrogens with zero attached hydrogens (tertiary/aromatic N) is 2. The van der Waals surface area contributed by atoms with Crippen LogP contribution < -0.4 is 14.8 Å². The van der Waals surface area contributed by atoms with Crippen molar-refractivity contribution in [1.82, 2.24) is 9.38 Å². The first-order valence-electron chi connectivity index (χ1n) is 9.18. The Morgan fingerprint density at radius 2 is 1.81 bits per heavy atom. The predicted octanol–water partition coefficient (Wildman–Crippen LogP) is 5.06. The summed E-state index contributed by atoms with van der Waals surface area (Å²) in [6.45, 7) is 0.230. The van der Waals surface area contributed by atoms with Crippen molar-refractivity contribution >= 4 is 17.2 Å². The average molecular weight is 427 g/mol. The van der Waals surface area contributed by atoms with E-state index in [1.165, 1.54) is 12.1 Å². The smallest absolute Gasteiger partial charge is 0.487 e. The van der Waals surface area contributed by atoms with Crippen molar-refractivity contribution in [3.63, 3.8) is 0 Å². The number of benzene rings is 2. The lowest BCUT2D eigenvalue weighted by Crippen LogP contribution is -2.17. The highest BCUT2D eigenvalue weighted by Crippen LogP contribution is 2.24. The molecule has 4 rings (SSSR count). The number of anilines is 1. The van der Waals surface area contributed by atoms with Crippen LogP contribution in [0.5, 0.6) is 11.5 Å². The van der Waals surface area contributed by atoms with E-state index in [0.717, 1.165) is 23.5 Å². The summed E-state index contributed by atoms with van der Waals surface area (Å²) in [5, 5.41) is 2.62. The Morgan fingerprint density at radius 1 is 1.00 bits per heavy atom. The average Bonchev–Trinajstić information content (AvgIpc) is 3.16. The third-order valence-electron chi connectivity index (χ3n) is 4.24. The summed E-state index contributed by atoms with van der Waals surface area (Å²) in [4.78, 5) is 16.9. The van der Waals surface area contributed by atoms with E-state index >= 15 is 0 Å². The number of aromatic nitrogens is 2. The van der Waals surface area contributed by atoms with E-state index in [9.17, 15) is 18.0 Å². The summed E-state index contributed by atoms with van der Waals surface area (Å²) in [6.07, 6.45) is -1.02. The second kappa shape index (κ2) is 8.39. The summed E-state index contributed by atoms with van der Waals surface area (Å²) in [7, 11) is 0. The molecular weight excluding hydrogens is 411 g/mol. The van der Waals surface area contributed by atoms with Gasteiger partial charge in [0.05, 0.1) is 5.69 Å². The molecule has 0 saturated carbocycles. The summed E-state index contributed by atoms with van der Waals surface area (Å²) >= 11 is 0. The van der Waals surface area contributed by atoms with Crippen LogP contribution in [-0.4, -0.2) is 21.7 Å². The molecule has 31 heavy (non-hydrogen) atoms. The molecule has 158 valence electrons. The van der Waals surface area contributed by atoms with Gasteiger partial charge in [0, 0.05) is 23.6 Å². The zero-order valence-electron chi connectivity index (χ0n) is 16.0. The van der Waals surface area contributed by atoms with E-state index < -0.39 is 12.3 Å². The summed E-state index contributed by atoms with van der Waals surface area (Å²) < 4.78 is 48.1. The summed E-state index contributed by atoms with van der Waals surface area (Å²) in [5.74, 6) is -0.311. The lowest BCUT2D eigenvalue weighted by Gasteiger charge is -2.10. The van der Waals surface area contributed by atoms with Gasteiger partial charge < -0.3 is 19.2 Å². The van der Waals surface area contributed by atoms with Gasteiger partial charge in [-0.15, -0.1) is 13.2 Å². The highest BCUT2D eigenvalue weighted by molar-refractivity contribution is 6.04. The zero-order chi connectivity index (χ0) is 21.8. The number of carbonyl (C=O) groups is 1. The van der Waals surface area contributed by atoms with E-state index in [1.54, 1.807) is 24.3 Å². The number of amides is 1. The molecule has 0 aliphatic rings. The number of ether oxygens (including phenoxy) is 2. The van der Waals surface area contributed by atoms with Crippen LogP contribution in [0, 0.1) is 0 Å². The summed E-state index contributed by atoms with van der Waals surface area (Å²) in [5.41, 5.74) is 2.21. The molecule has 2 aromatic heterocycles. The van der Waals surface area contributed by atoms with Gasteiger partial charge in [0.15, 0.2) is 0 Å². The van der Waals surface area contributed by atoms with Crippen molar-refractivity contribution in [2.24, 2.45) is 0 Å². The Bertz CT molecular complexity index is 1170. The normalized spacial score (nSPS) is 11.3. The maximum absolute atomic E-state index is 12.5. The van der Waals surface area contributed by atoms with Crippen LogP contribution in [-0.2, 0) is 6.61 Å². The number of pyridine rings is 1. The van der Waals surface area contributed by atoms with Gasteiger partial charge in [0.1, 0.15) is 23.8 Å². The number of alkyl halides is 3. The molecule has 9 heteroatoms. The molecule has 0 unspecified atom stereocenters. The number of nitrogens with one attached hydrogen (secondary N) is 1. The molecule has 0 fully saturated rings. The van der Waals surface area contributed by atoms with Gasteiger partial charge in [-0.2, -0.15) is 0 Å². The number of carbonyl (C=O) groups excluding carboxylic acids is 1. The molecule has 0 spiro atoms. The third kappa shape index (κ3) is 5.33. The van der Waals surface area contributed by atoms with Crippen molar-refractivity contribution in [3.05, 3.63) is 90.4 Å². The number of fused-ring (bicyclic) bond motifs is 1. The molecule has 0 bridgehead atoms. The molecule has 0 saturated heterocycles. The number of rotatable bonds is 6. The maximum atomic E-state index is 12.5. The SMILES string of the molecule is O=C(Nc1ccc(OC(F)(F)F)cc1)c1cccc(OCc2cn3ccccc3n2)c1. The van der Waals surface area contributed by atoms with Crippen LogP contribution in [0.25, 0.3) is 5.65 Å². The van der Waals surface area contributed by atoms with Crippen molar-refractivity contribution in [3.8, 4) is 11.5 Å². The second-order valence-corrected chi connectivity index (χ2v) is 6.54. The third-order valence-corrected chi connectivity index (χ3v) is 4.24. The molecule has 1 N–H and O–H groups in total. The first-order chi connectivity index (χ1) is 14.9. The number of hydrogen-bond donors (Lipinski definition) is 1. The van der Waals surface area contributed by atoms with Gasteiger partial charge in [-0.25, -0.2) is 4.98 Å².